The molecule has 17 heavy (non-hydrogen) atoms. The molecule has 1 unspecified atom stereocenters. The van der Waals surface area contributed by atoms with Crippen molar-refractivity contribution in [1.82, 2.24) is 9.97 Å². The molecule has 0 aliphatic heterocycles. The molecule has 0 radical (unpaired) electrons. The number of hydrogen-bond donors (Lipinski definition) is 1. The lowest BCUT2D eigenvalue weighted by Crippen LogP contribution is -2.27. The summed E-state index contributed by atoms with van der Waals surface area (Å²) < 4.78 is 0. The number of aliphatic hydroxyl groups excluding tert-OH is 1. The lowest BCUT2D eigenvalue weighted by molar-refractivity contribution is 0.0957. The molecule has 0 saturated carbocycles. The Morgan fingerprint density at radius 1 is 1.12 bits per heavy atom. The Balaban J connectivity index is 2.33. The topological polar surface area (TPSA) is 46.0 Å². The third kappa shape index (κ3) is 2.34. The van der Waals surface area contributed by atoms with Crippen LogP contribution in [0, 0.1) is 0 Å². The summed E-state index contributed by atoms with van der Waals surface area (Å²) in [5.74, 6) is 0. The molecule has 1 N–H and O–H groups in total. The summed E-state index contributed by atoms with van der Waals surface area (Å²) in [6, 6.07) is 9.94. The Labute approximate surface area is 101 Å². The highest BCUT2D eigenvalue weighted by Gasteiger charge is 2.31. The van der Waals surface area contributed by atoms with E-state index >= 15 is 0 Å². The highest BCUT2D eigenvalue weighted by Crippen LogP contribution is 2.35. The number of benzene rings is 1. The molecule has 0 aliphatic carbocycles. The van der Waals surface area contributed by atoms with Gasteiger partial charge in [0, 0.05) is 17.8 Å². The van der Waals surface area contributed by atoms with Crippen LogP contribution in [0.3, 0.4) is 0 Å². The van der Waals surface area contributed by atoms with Gasteiger partial charge < -0.3 is 5.11 Å². The Hall–Kier alpha value is -1.74. The van der Waals surface area contributed by atoms with Crippen molar-refractivity contribution >= 4 is 0 Å². The first-order valence-electron chi connectivity index (χ1n) is 5.62. The van der Waals surface area contributed by atoms with Crippen molar-refractivity contribution in [2.24, 2.45) is 0 Å². The summed E-state index contributed by atoms with van der Waals surface area (Å²) in [4.78, 5) is 8.15. The highest BCUT2D eigenvalue weighted by atomic mass is 16.3. The fraction of sp³-hybridized carbons (Fsp3) is 0.286. The Bertz CT molecular complexity index is 468. The summed E-state index contributed by atoms with van der Waals surface area (Å²) in [7, 11) is 0. The second-order valence-electron chi connectivity index (χ2n) is 4.62. The standard InChI is InChI=1S/C14H16N2O/c1-14(2,11-6-4-3-5-7-11)13(17)12-10-15-8-9-16-12/h3-10,13,17H,1-2H3. The summed E-state index contributed by atoms with van der Waals surface area (Å²) in [6.07, 6.45) is 4.14. The number of rotatable bonds is 3. The third-order valence-electron chi connectivity index (χ3n) is 3.06. The van der Waals surface area contributed by atoms with Crippen LogP contribution in [0.5, 0.6) is 0 Å². The zero-order valence-electron chi connectivity index (χ0n) is 10.0. The van der Waals surface area contributed by atoms with Gasteiger partial charge in [0.1, 0.15) is 6.10 Å². The molecule has 0 saturated heterocycles. The summed E-state index contributed by atoms with van der Waals surface area (Å²) in [5.41, 5.74) is 1.29. The van der Waals surface area contributed by atoms with Gasteiger partial charge in [0.15, 0.2) is 0 Å². The molecule has 1 heterocycles. The highest BCUT2D eigenvalue weighted by molar-refractivity contribution is 5.27. The SMILES string of the molecule is CC(C)(c1ccccc1)C(O)c1cnccn1. The van der Waals surface area contributed by atoms with E-state index in [0.29, 0.717) is 5.69 Å². The second kappa shape index (κ2) is 4.63. The predicted octanol–water partition coefficient (Wildman–Crippen LogP) is 2.49. The largest absolute Gasteiger partial charge is 0.386 e. The first-order valence-corrected chi connectivity index (χ1v) is 5.62. The minimum absolute atomic E-state index is 0.392. The molecule has 1 aromatic heterocycles. The van der Waals surface area contributed by atoms with Crippen LogP contribution in [0.1, 0.15) is 31.2 Å². The van der Waals surface area contributed by atoms with E-state index in [2.05, 4.69) is 9.97 Å². The van der Waals surface area contributed by atoms with Gasteiger partial charge in [-0.05, 0) is 5.56 Å². The van der Waals surface area contributed by atoms with Crippen molar-refractivity contribution in [1.29, 1.82) is 0 Å². The monoisotopic (exact) mass is 228 g/mol. The van der Waals surface area contributed by atoms with Crippen LogP contribution in [0.15, 0.2) is 48.9 Å². The maximum absolute atomic E-state index is 10.4. The Morgan fingerprint density at radius 3 is 2.41 bits per heavy atom. The van der Waals surface area contributed by atoms with Crippen LogP contribution in [0.25, 0.3) is 0 Å². The van der Waals surface area contributed by atoms with Gasteiger partial charge in [-0.1, -0.05) is 44.2 Å². The maximum Gasteiger partial charge on any atom is 0.107 e. The van der Waals surface area contributed by atoms with Gasteiger partial charge in [-0.3, -0.25) is 9.97 Å². The molecule has 1 aromatic carbocycles. The van der Waals surface area contributed by atoms with E-state index in [1.165, 1.54) is 0 Å². The van der Waals surface area contributed by atoms with Crippen LogP contribution < -0.4 is 0 Å². The molecule has 0 amide bonds. The van der Waals surface area contributed by atoms with E-state index in [-0.39, 0.29) is 0 Å². The van der Waals surface area contributed by atoms with Gasteiger partial charge in [-0.25, -0.2) is 0 Å². The fourth-order valence-corrected chi connectivity index (χ4v) is 1.85. The van der Waals surface area contributed by atoms with Gasteiger partial charge in [0.25, 0.3) is 0 Å². The smallest absolute Gasteiger partial charge is 0.107 e. The quantitative estimate of drug-likeness (QED) is 0.877. The minimum atomic E-state index is -0.668. The molecule has 0 bridgehead atoms. The van der Waals surface area contributed by atoms with Crippen molar-refractivity contribution < 1.29 is 5.11 Å². The molecule has 2 aromatic rings. The molecular formula is C14H16N2O. The first kappa shape index (κ1) is 11.7. The second-order valence-corrected chi connectivity index (χ2v) is 4.62. The first-order chi connectivity index (χ1) is 8.12. The van der Waals surface area contributed by atoms with E-state index in [0.717, 1.165) is 5.56 Å². The minimum Gasteiger partial charge on any atom is -0.386 e. The summed E-state index contributed by atoms with van der Waals surface area (Å²) in [5, 5.41) is 10.4. The van der Waals surface area contributed by atoms with E-state index in [9.17, 15) is 5.11 Å². The number of nitrogens with zero attached hydrogens (tertiary/aromatic N) is 2. The summed E-state index contributed by atoms with van der Waals surface area (Å²) >= 11 is 0. The Morgan fingerprint density at radius 2 is 1.82 bits per heavy atom. The summed E-state index contributed by atoms with van der Waals surface area (Å²) in [6.45, 7) is 4.00. The van der Waals surface area contributed by atoms with Gasteiger partial charge in [-0.15, -0.1) is 0 Å². The van der Waals surface area contributed by atoms with Crippen LogP contribution in [-0.2, 0) is 5.41 Å². The predicted molar refractivity (Wildman–Crippen MR) is 66.5 cm³/mol. The lowest BCUT2D eigenvalue weighted by Gasteiger charge is -2.30. The third-order valence-corrected chi connectivity index (χ3v) is 3.06. The molecule has 3 heteroatoms. The van der Waals surface area contributed by atoms with Crippen molar-refractivity contribution in [3.05, 3.63) is 60.2 Å². The van der Waals surface area contributed by atoms with Crippen LogP contribution in [0.2, 0.25) is 0 Å². The average molecular weight is 228 g/mol. The molecule has 0 fully saturated rings. The molecule has 88 valence electrons. The number of hydrogen-bond acceptors (Lipinski definition) is 3. The molecule has 2 rings (SSSR count). The van der Waals surface area contributed by atoms with Crippen molar-refractivity contribution in [2.75, 3.05) is 0 Å². The molecular weight excluding hydrogens is 212 g/mol. The van der Waals surface area contributed by atoms with Crippen LogP contribution in [0.4, 0.5) is 0 Å². The van der Waals surface area contributed by atoms with E-state index in [1.807, 2.05) is 44.2 Å². The van der Waals surface area contributed by atoms with Gasteiger partial charge >= 0.3 is 0 Å². The van der Waals surface area contributed by atoms with Crippen LogP contribution in [-0.4, -0.2) is 15.1 Å². The molecule has 1 atom stereocenters. The number of aromatic nitrogens is 2. The Kier molecular flexibility index (Phi) is 3.20. The molecule has 0 aliphatic rings. The van der Waals surface area contributed by atoms with Crippen molar-refractivity contribution in [2.45, 2.75) is 25.4 Å². The molecule has 0 spiro atoms. The maximum atomic E-state index is 10.4. The van der Waals surface area contributed by atoms with Crippen LogP contribution >= 0.6 is 0 Å². The van der Waals surface area contributed by atoms with E-state index < -0.39 is 11.5 Å². The average Bonchev–Trinajstić information content (AvgIpc) is 2.40. The lowest BCUT2D eigenvalue weighted by atomic mass is 9.78. The van der Waals surface area contributed by atoms with E-state index in [1.54, 1.807) is 18.6 Å². The van der Waals surface area contributed by atoms with Gasteiger partial charge in [0.05, 0.1) is 11.9 Å². The zero-order valence-corrected chi connectivity index (χ0v) is 10.0. The zero-order chi connectivity index (χ0) is 12.3. The van der Waals surface area contributed by atoms with Gasteiger partial charge in [-0.2, -0.15) is 0 Å². The number of aliphatic hydroxyl groups is 1. The van der Waals surface area contributed by atoms with Gasteiger partial charge in [0.2, 0.25) is 0 Å². The fourth-order valence-electron chi connectivity index (χ4n) is 1.85. The normalized spacial score (nSPS) is 13.4. The van der Waals surface area contributed by atoms with E-state index in [4.69, 9.17) is 0 Å². The molecule has 3 nitrogen and oxygen atoms in total. The van der Waals surface area contributed by atoms with Crippen molar-refractivity contribution in [3.8, 4) is 0 Å². The van der Waals surface area contributed by atoms with Crippen molar-refractivity contribution in [3.63, 3.8) is 0 Å².